The van der Waals surface area contributed by atoms with Gasteiger partial charge in [-0.3, -0.25) is 14.8 Å². The Morgan fingerprint density at radius 1 is 0.923 bits per heavy atom. The standard InChI is InChI=1S/C19H19N5OS/c1-11-7-5-9-15(20-11)17(16-10-6-8-12(2)21-16)23-24-19(25)18-13(3)22-14(4)26-18/h5-10H,1-4H3,(H,24,25). The molecule has 26 heavy (non-hydrogen) atoms. The van der Waals surface area contributed by atoms with E-state index >= 15 is 0 Å². The van der Waals surface area contributed by atoms with Crippen molar-refractivity contribution in [3.05, 3.63) is 74.8 Å². The fraction of sp³-hybridized carbons (Fsp3) is 0.211. The minimum absolute atomic E-state index is 0.286. The van der Waals surface area contributed by atoms with Crippen LogP contribution in [0.2, 0.25) is 0 Å². The summed E-state index contributed by atoms with van der Waals surface area (Å²) in [5.41, 5.74) is 6.88. The van der Waals surface area contributed by atoms with Gasteiger partial charge in [-0.15, -0.1) is 11.3 Å². The van der Waals surface area contributed by atoms with Gasteiger partial charge in [0, 0.05) is 11.4 Å². The Morgan fingerprint density at radius 3 is 1.96 bits per heavy atom. The van der Waals surface area contributed by atoms with E-state index in [9.17, 15) is 4.79 Å². The summed E-state index contributed by atoms with van der Waals surface area (Å²) < 4.78 is 0. The molecule has 0 bridgehead atoms. The van der Waals surface area contributed by atoms with Crippen LogP contribution in [0.4, 0.5) is 0 Å². The maximum atomic E-state index is 12.5. The summed E-state index contributed by atoms with van der Waals surface area (Å²) in [7, 11) is 0. The van der Waals surface area contributed by atoms with Crippen molar-refractivity contribution in [2.75, 3.05) is 0 Å². The summed E-state index contributed by atoms with van der Waals surface area (Å²) in [4.78, 5) is 26.4. The topological polar surface area (TPSA) is 80.1 Å². The van der Waals surface area contributed by atoms with Crippen molar-refractivity contribution in [2.24, 2.45) is 5.10 Å². The van der Waals surface area contributed by atoms with Crippen LogP contribution in [0.5, 0.6) is 0 Å². The largest absolute Gasteiger partial charge is 0.283 e. The summed E-state index contributed by atoms with van der Waals surface area (Å²) in [6.45, 7) is 7.50. The molecule has 0 aromatic carbocycles. The number of carbonyl (C=O) groups is 1. The summed E-state index contributed by atoms with van der Waals surface area (Å²) >= 11 is 1.35. The first-order valence-corrected chi connectivity index (χ1v) is 8.96. The second-order valence-corrected chi connectivity index (χ2v) is 7.08. The molecule has 3 aromatic rings. The third kappa shape index (κ3) is 4.00. The molecule has 132 valence electrons. The minimum atomic E-state index is -0.286. The maximum Gasteiger partial charge on any atom is 0.283 e. The second-order valence-electron chi connectivity index (χ2n) is 5.88. The Bertz CT molecular complexity index is 946. The molecule has 0 aliphatic heterocycles. The summed E-state index contributed by atoms with van der Waals surface area (Å²) in [6.07, 6.45) is 0. The minimum Gasteiger partial charge on any atom is -0.266 e. The SMILES string of the molecule is Cc1cccc(C(=NNC(=O)c2sc(C)nc2C)c2cccc(C)n2)n1. The molecule has 0 saturated carbocycles. The fourth-order valence-electron chi connectivity index (χ4n) is 2.50. The molecule has 7 heteroatoms. The molecule has 1 N–H and O–H groups in total. The van der Waals surface area contributed by atoms with Gasteiger partial charge in [0.25, 0.3) is 5.91 Å². The average molecular weight is 365 g/mol. The number of amides is 1. The first-order chi connectivity index (χ1) is 12.4. The van der Waals surface area contributed by atoms with E-state index in [-0.39, 0.29) is 5.91 Å². The lowest BCUT2D eigenvalue weighted by Gasteiger charge is -2.08. The van der Waals surface area contributed by atoms with Crippen molar-refractivity contribution in [2.45, 2.75) is 27.7 Å². The zero-order valence-electron chi connectivity index (χ0n) is 15.1. The molecule has 1 amide bonds. The van der Waals surface area contributed by atoms with Crippen molar-refractivity contribution < 1.29 is 4.79 Å². The zero-order chi connectivity index (χ0) is 18.7. The molecule has 3 heterocycles. The van der Waals surface area contributed by atoms with E-state index in [1.165, 1.54) is 11.3 Å². The number of thiazole rings is 1. The highest BCUT2D eigenvalue weighted by molar-refractivity contribution is 7.13. The molecule has 0 radical (unpaired) electrons. The van der Waals surface area contributed by atoms with E-state index < -0.39 is 0 Å². The number of carbonyl (C=O) groups excluding carboxylic acids is 1. The highest BCUT2D eigenvalue weighted by Crippen LogP contribution is 2.17. The molecule has 0 aliphatic rings. The van der Waals surface area contributed by atoms with E-state index in [1.54, 1.807) is 0 Å². The van der Waals surface area contributed by atoms with Crippen molar-refractivity contribution in [1.82, 2.24) is 20.4 Å². The molecular weight excluding hydrogens is 346 g/mol. The molecule has 0 atom stereocenters. The Hall–Kier alpha value is -2.93. The molecule has 3 aromatic heterocycles. The van der Waals surface area contributed by atoms with Gasteiger partial charge in [-0.2, -0.15) is 5.10 Å². The van der Waals surface area contributed by atoms with Crippen LogP contribution in [0.15, 0.2) is 41.5 Å². The number of nitrogens with zero attached hydrogens (tertiary/aromatic N) is 4. The van der Waals surface area contributed by atoms with Crippen molar-refractivity contribution in [3.63, 3.8) is 0 Å². The maximum absolute atomic E-state index is 12.5. The number of pyridine rings is 2. The number of hydrogen-bond donors (Lipinski definition) is 1. The Balaban J connectivity index is 1.99. The third-order valence-electron chi connectivity index (χ3n) is 3.64. The normalized spacial score (nSPS) is 10.5. The number of rotatable bonds is 4. The van der Waals surface area contributed by atoms with Gasteiger partial charge in [-0.05, 0) is 52.0 Å². The van der Waals surface area contributed by atoms with Crippen LogP contribution < -0.4 is 5.43 Å². The fourth-order valence-corrected chi connectivity index (χ4v) is 3.30. The Morgan fingerprint density at radius 2 is 1.50 bits per heavy atom. The summed E-state index contributed by atoms with van der Waals surface area (Å²) in [5, 5.41) is 5.19. The zero-order valence-corrected chi connectivity index (χ0v) is 15.9. The number of aryl methyl sites for hydroxylation is 4. The molecule has 0 saturated heterocycles. The number of aromatic nitrogens is 3. The van der Waals surface area contributed by atoms with E-state index in [4.69, 9.17) is 0 Å². The number of hydrazone groups is 1. The van der Waals surface area contributed by atoms with Crippen LogP contribution in [0.3, 0.4) is 0 Å². The second kappa shape index (κ2) is 7.53. The smallest absolute Gasteiger partial charge is 0.266 e. The van der Waals surface area contributed by atoms with Gasteiger partial charge in [-0.25, -0.2) is 10.4 Å². The van der Waals surface area contributed by atoms with Gasteiger partial charge in [0.2, 0.25) is 0 Å². The van der Waals surface area contributed by atoms with Crippen LogP contribution in [0, 0.1) is 27.7 Å². The van der Waals surface area contributed by atoms with Crippen molar-refractivity contribution >= 4 is 23.0 Å². The molecule has 0 spiro atoms. The predicted molar refractivity (Wildman–Crippen MR) is 103 cm³/mol. The molecule has 0 unspecified atom stereocenters. The van der Waals surface area contributed by atoms with Crippen LogP contribution >= 0.6 is 11.3 Å². The van der Waals surface area contributed by atoms with E-state index in [1.807, 2.05) is 64.1 Å². The summed E-state index contributed by atoms with van der Waals surface area (Å²) in [6, 6.07) is 11.3. The van der Waals surface area contributed by atoms with Gasteiger partial charge in [0.1, 0.15) is 10.6 Å². The Kier molecular flexibility index (Phi) is 5.18. The molecule has 0 aliphatic carbocycles. The van der Waals surface area contributed by atoms with Gasteiger partial charge in [-0.1, -0.05) is 12.1 Å². The highest BCUT2D eigenvalue weighted by Gasteiger charge is 2.15. The molecule has 0 fully saturated rings. The number of nitrogens with one attached hydrogen (secondary N) is 1. The van der Waals surface area contributed by atoms with Gasteiger partial charge in [0.05, 0.1) is 22.1 Å². The quantitative estimate of drug-likeness (QED) is 0.568. The highest BCUT2D eigenvalue weighted by atomic mass is 32.1. The van der Waals surface area contributed by atoms with E-state index in [0.717, 1.165) is 16.4 Å². The molecule has 3 rings (SSSR count). The average Bonchev–Trinajstić information content (AvgIpc) is 2.93. The van der Waals surface area contributed by atoms with Gasteiger partial charge >= 0.3 is 0 Å². The summed E-state index contributed by atoms with van der Waals surface area (Å²) in [5.74, 6) is -0.286. The number of hydrogen-bond acceptors (Lipinski definition) is 6. The molecular formula is C19H19N5OS. The lowest BCUT2D eigenvalue weighted by Crippen LogP contribution is -2.21. The van der Waals surface area contributed by atoms with Crippen molar-refractivity contribution in [1.29, 1.82) is 0 Å². The van der Waals surface area contributed by atoms with Gasteiger partial charge in [0.15, 0.2) is 0 Å². The third-order valence-corrected chi connectivity index (χ3v) is 4.71. The van der Waals surface area contributed by atoms with Crippen LogP contribution in [-0.2, 0) is 0 Å². The van der Waals surface area contributed by atoms with Crippen LogP contribution in [-0.4, -0.2) is 26.6 Å². The molecule has 6 nitrogen and oxygen atoms in total. The van der Waals surface area contributed by atoms with E-state index in [0.29, 0.717) is 27.7 Å². The van der Waals surface area contributed by atoms with Crippen LogP contribution in [0.1, 0.15) is 43.1 Å². The Labute approximate surface area is 156 Å². The van der Waals surface area contributed by atoms with E-state index in [2.05, 4.69) is 25.5 Å². The predicted octanol–water partition coefficient (Wildman–Crippen LogP) is 3.35. The first kappa shape index (κ1) is 17.9. The lowest BCUT2D eigenvalue weighted by atomic mass is 10.1. The van der Waals surface area contributed by atoms with Gasteiger partial charge < -0.3 is 0 Å². The first-order valence-electron chi connectivity index (χ1n) is 8.14. The van der Waals surface area contributed by atoms with Crippen molar-refractivity contribution in [3.8, 4) is 0 Å². The van der Waals surface area contributed by atoms with Crippen LogP contribution in [0.25, 0.3) is 0 Å². The lowest BCUT2D eigenvalue weighted by molar-refractivity contribution is 0.0958. The monoisotopic (exact) mass is 365 g/mol.